The van der Waals surface area contributed by atoms with Crippen LogP contribution in [0, 0.1) is 5.82 Å². The molecule has 2 aromatic heterocycles. The molecule has 3 aromatic rings. The molecule has 0 amide bonds. The van der Waals surface area contributed by atoms with Gasteiger partial charge in [-0.25, -0.2) is 9.37 Å². The van der Waals surface area contributed by atoms with Crippen LogP contribution in [0.15, 0.2) is 29.1 Å². The molecule has 0 saturated carbocycles. The highest BCUT2D eigenvalue weighted by Crippen LogP contribution is 2.25. The Hall–Kier alpha value is -2.74. The van der Waals surface area contributed by atoms with Crippen LogP contribution in [0.3, 0.4) is 0 Å². The number of nitrogens with zero attached hydrogens (tertiary/aromatic N) is 4. The maximum Gasteiger partial charge on any atom is 0.274 e. The van der Waals surface area contributed by atoms with Gasteiger partial charge in [0, 0.05) is 25.2 Å². The van der Waals surface area contributed by atoms with Gasteiger partial charge in [-0.2, -0.15) is 9.50 Å². The number of nitrogen functional groups attached to an aromatic ring is 1. The molecule has 3 N–H and O–H groups in total. The fraction of sp³-hybridized carbons (Fsp3) is 0.312. The van der Waals surface area contributed by atoms with Crippen molar-refractivity contribution in [3.8, 4) is 0 Å². The zero-order valence-electron chi connectivity index (χ0n) is 13.2. The summed E-state index contributed by atoms with van der Waals surface area (Å²) in [6.07, 6.45) is 0.768. The first-order valence-corrected chi connectivity index (χ1v) is 7.75. The number of rotatable bonds is 2. The quantitative estimate of drug-likeness (QED) is 0.734. The zero-order valence-corrected chi connectivity index (χ0v) is 13.2. The minimum atomic E-state index is -0.244. The number of aromatic amines is 1. The van der Waals surface area contributed by atoms with Crippen molar-refractivity contribution in [1.82, 2.24) is 24.5 Å². The number of benzene rings is 1. The summed E-state index contributed by atoms with van der Waals surface area (Å²) in [4.78, 5) is 22.7. The van der Waals surface area contributed by atoms with Gasteiger partial charge in [-0.15, -0.1) is 0 Å². The first kappa shape index (κ1) is 14.8. The summed E-state index contributed by atoms with van der Waals surface area (Å²) in [5.41, 5.74) is 8.12. The Morgan fingerprint density at radius 3 is 3.00 bits per heavy atom. The first-order valence-electron chi connectivity index (χ1n) is 7.75. The zero-order chi connectivity index (χ0) is 16.8. The fourth-order valence-corrected chi connectivity index (χ4v) is 3.21. The minimum absolute atomic E-state index is 0.152. The lowest BCUT2D eigenvalue weighted by molar-refractivity contribution is 0.173. The number of aromatic nitrogens is 4. The summed E-state index contributed by atoms with van der Waals surface area (Å²) < 4.78 is 14.6. The van der Waals surface area contributed by atoms with E-state index in [9.17, 15) is 9.18 Å². The molecular weight excluding hydrogens is 311 g/mol. The molecule has 0 radical (unpaired) electrons. The molecule has 1 aromatic carbocycles. The molecular formula is C16H17FN6O. The summed E-state index contributed by atoms with van der Waals surface area (Å²) in [7, 11) is 0. The van der Waals surface area contributed by atoms with Crippen LogP contribution in [0.25, 0.3) is 5.78 Å². The van der Waals surface area contributed by atoms with Gasteiger partial charge in [0.1, 0.15) is 5.82 Å². The predicted octanol–water partition coefficient (Wildman–Crippen LogP) is 1.09. The summed E-state index contributed by atoms with van der Waals surface area (Å²) in [5.74, 6) is 0.215. The molecule has 124 valence electrons. The Morgan fingerprint density at radius 1 is 1.33 bits per heavy atom. The Labute approximate surface area is 136 Å². The Morgan fingerprint density at radius 2 is 2.17 bits per heavy atom. The molecule has 1 atom stereocenters. The van der Waals surface area contributed by atoms with Crippen LogP contribution in [-0.4, -0.2) is 30.5 Å². The smallest absolute Gasteiger partial charge is 0.274 e. The third-order valence-electron chi connectivity index (χ3n) is 4.45. The summed E-state index contributed by atoms with van der Waals surface area (Å²) in [6, 6.07) is 6.62. The molecule has 1 aliphatic rings. The average molecular weight is 328 g/mol. The third-order valence-corrected chi connectivity index (χ3v) is 4.45. The normalized spacial score (nSPS) is 18.0. The number of halogens is 1. The van der Waals surface area contributed by atoms with Gasteiger partial charge >= 0.3 is 0 Å². The Bertz CT molecular complexity index is 978. The van der Waals surface area contributed by atoms with E-state index in [0.717, 1.165) is 17.5 Å². The van der Waals surface area contributed by atoms with E-state index in [1.54, 1.807) is 6.07 Å². The number of fused-ring (bicyclic) bond motifs is 2. The molecule has 8 heteroatoms. The van der Waals surface area contributed by atoms with Crippen LogP contribution in [-0.2, 0) is 19.5 Å². The summed E-state index contributed by atoms with van der Waals surface area (Å²) >= 11 is 0. The molecule has 0 aliphatic carbocycles. The van der Waals surface area contributed by atoms with Gasteiger partial charge in [0.2, 0.25) is 5.95 Å². The molecule has 1 unspecified atom stereocenters. The van der Waals surface area contributed by atoms with Crippen LogP contribution in [0.5, 0.6) is 0 Å². The topological polar surface area (TPSA) is 92.3 Å². The SMILES string of the molecule is CC1Cc2cc(F)ccc2CN1Cc1cc(=O)n2[nH]c(N)nc2n1. The van der Waals surface area contributed by atoms with Crippen LogP contribution < -0.4 is 11.3 Å². The third kappa shape index (κ3) is 2.54. The van der Waals surface area contributed by atoms with Gasteiger partial charge in [0.15, 0.2) is 0 Å². The van der Waals surface area contributed by atoms with Crippen LogP contribution in [0.4, 0.5) is 10.3 Å². The van der Waals surface area contributed by atoms with Gasteiger partial charge in [0.25, 0.3) is 11.3 Å². The molecule has 1 aliphatic heterocycles. The number of nitrogens with two attached hydrogens (primary N) is 1. The Balaban J connectivity index is 1.63. The average Bonchev–Trinajstić information content (AvgIpc) is 2.89. The largest absolute Gasteiger partial charge is 0.368 e. The second kappa shape index (κ2) is 5.41. The van der Waals surface area contributed by atoms with E-state index in [2.05, 4.69) is 26.9 Å². The highest BCUT2D eigenvalue weighted by molar-refractivity contribution is 5.34. The van der Waals surface area contributed by atoms with Gasteiger partial charge in [-0.1, -0.05) is 6.07 Å². The van der Waals surface area contributed by atoms with Crippen molar-refractivity contribution in [2.24, 2.45) is 0 Å². The molecule has 24 heavy (non-hydrogen) atoms. The van der Waals surface area contributed by atoms with E-state index >= 15 is 0 Å². The lowest BCUT2D eigenvalue weighted by Crippen LogP contribution is -2.38. The highest BCUT2D eigenvalue weighted by Gasteiger charge is 2.24. The lowest BCUT2D eigenvalue weighted by Gasteiger charge is -2.34. The molecule has 0 saturated heterocycles. The highest BCUT2D eigenvalue weighted by atomic mass is 19.1. The van der Waals surface area contributed by atoms with Gasteiger partial charge < -0.3 is 5.73 Å². The number of hydrogen-bond acceptors (Lipinski definition) is 5. The number of H-pyrrole nitrogens is 1. The van der Waals surface area contributed by atoms with Crippen molar-refractivity contribution < 1.29 is 4.39 Å². The van der Waals surface area contributed by atoms with Crippen molar-refractivity contribution in [2.45, 2.75) is 32.5 Å². The summed E-state index contributed by atoms with van der Waals surface area (Å²) in [5, 5.41) is 2.64. The molecule has 0 fully saturated rings. The van der Waals surface area contributed by atoms with Crippen molar-refractivity contribution in [3.05, 3.63) is 57.3 Å². The van der Waals surface area contributed by atoms with E-state index in [1.165, 1.54) is 16.6 Å². The van der Waals surface area contributed by atoms with Crippen LogP contribution in [0.1, 0.15) is 23.7 Å². The second-order valence-electron chi connectivity index (χ2n) is 6.20. The summed E-state index contributed by atoms with van der Waals surface area (Å²) in [6.45, 7) is 3.31. The molecule has 0 bridgehead atoms. The molecule has 0 spiro atoms. The van der Waals surface area contributed by atoms with Crippen molar-refractivity contribution in [2.75, 3.05) is 5.73 Å². The van der Waals surface area contributed by atoms with Crippen molar-refractivity contribution >= 4 is 11.7 Å². The van der Waals surface area contributed by atoms with Crippen LogP contribution in [0.2, 0.25) is 0 Å². The maximum atomic E-state index is 13.4. The monoisotopic (exact) mass is 328 g/mol. The van der Waals surface area contributed by atoms with Crippen LogP contribution >= 0.6 is 0 Å². The van der Waals surface area contributed by atoms with E-state index in [-0.39, 0.29) is 29.1 Å². The number of anilines is 1. The maximum absolute atomic E-state index is 13.4. The lowest BCUT2D eigenvalue weighted by atomic mass is 9.94. The molecule has 3 heterocycles. The van der Waals surface area contributed by atoms with Gasteiger partial charge in [0.05, 0.1) is 5.69 Å². The number of hydrogen-bond donors (Lipinski definition) is 2. The Kier molecular flexibility index (Phi) is 3.34. The van der Waals surface area contributed by atoms with Gasteiger partial charge in [-0.05, 0) is 36.6 Å². The molecule has 7 nitrogen and oxygen atoms in total. The minimum Gasteiger partial charge on any atom is -0.368 e. The van der Waals surface area contributed by atoms with Crippen molar-refractivity contribution in [1.29, 1.82) is 0 Å². The van der Waals surface area contributed by atoms with Crippen molar-refractivity contribution in [3.63, 3.8) is 0 Å². The number of nitrogens with one attached hydrogen (secondary N) is 1. The molecule has 4 rings (SSSR count). The first-order chi connectivity index (χ1) is 11.5. The predicted molar refractivity (Wildman–Crippen MR) is 86.8 cm³/mol. The van der Waals surface area contributed by atoms with Gasteiger partial charge in [-0.3, -0.25) is 14.8 Å². The standard InChI is InChI=1S/C16H17FN6O/c1-9-4-11-5-12(17)3-2-10(11)7-22(9)8-13-6-14(24)23-16(19-13)20-15(18)21-23/h2-3,5-6,9H,4,7-8H2,1H3,(H3,18,19,20,21). The second-order valence-corrected chi connectivity index (χ2v) is 6.20. The fourth-order valence-electron chi connectivity index (χ4n) is 3.21. The van der Waals surface area contributed by atoms with E-state index in [4.69, 9.17) is 5.73 Å². The van der Waals surface area contributed by atoms with E-state index in [0.29, 0.717) is 18.8 Å². The van der Waals surface area contributed by atoms with E-state index < -0.39 is 0 Å². The van der Waals surface area contributed by atoms with E-state index in [1.807, 2.05) is 6.07 Å².